The normalized spacial score (nSPS) is 10.5. The highest BCUT2D eigenvalue weighted by Crippen LogP contribution is 2.28. The van der Waals surface area contributed by atoms with Crippen molar-refractivity contribution in [2.45, 2.75) is 26.2 Å². The number of benzene rings is 1. The van der Waals surface area contributed by atoms with Gasteiger partial charge in [-0.25, -0.2) is 0 Å². The zero-order valence-electron chi connectivity index (χ0n) is 13.5. The van der Waals surface area contributed by atoms with Crippen LogP contribution in [-0.2, 0) is 9.59 Å². The summed E-state index contributed by atoms with van der Waals surface area (Å²) in [6, 6.07) is 5.47. The second kappa shape index (κ2) is 10.3. The van der Waals surface area contributed by atoms with Gasteiger partial charge in [-0.1, -0.05) is 18.2 Å². The molecule has 1 amide bonds. The van der Waals surface area contributed by atoms with Gasteiger partial charge in [0, 0.05) is 13.0 Å². The van der Waals surface area contributed by atoms with E-state index in [-0.39, 0.29) is 18.9 Å². The third kappa shape index (κ3) is 7.35. The maximum absolute atomic E-state index is 11.7. The summed E-state index contributed by atoms with van der Waals surface area (Å²) < 4.78 is 10.7. The lowest BCUT2D eigenvalue weighted by atomic mass is 10.2. The molecule has 0 unspecified atom stereocenters. The van der Waals surface area contributed by atoms with Crippen LogP contribution in [0.15, 0.2) is 24.3 Å². The Labute approximate surface area is 136 Å². The highest BCUT2D eigenvalue weighted by molar-refractivity contribution is 5.77. The quantitative estimate of drug-likeness (QED) is 0.647. The van der Waals surface area contributed by atoms with Gasteiger partial charge in [0.25, 0.3) is 5.91 Å². The fourth-order valence-corrected chi connectivity index (χ4v) is 1.92. The smallest absolute Gasteiger partial charge is 0.303 e. The van der Waals surface area contributed by atoms with E-state index in [0.29, 0.717) is 30.9 Å². The van der Waals surface area contributed by atoms with Gasteiger partial charge in [0.1, 0.15) is 0 Å². The minimum absolute atomic E-state index is 0.113. The molecular formula is C17H23NO5. The number of ether oxygens (including phenoxy) is 2. The zero-order chi connectivity index (χ0) is 17.1. The molecule has 1 rings (SSSR count). The second-order valence-electron chi connectivity index (χ2n) is 4.90. The van der Waals surface area contributed by atoms with Crippen molar-refractivity contribution in [3.8, 4) is 11.5 Å². The van der Waals surface area contributed by atoms with Gasteiger partial charge >= 0.3 is 5.97 Å². The summed E-state index contributed by atoms with van der Waals surface area (Å²) in [6.07, 6.45) is 5.14. The molecule has 126 valence electrons. The number of carboxylic acids is 1. The SMILES string of the molecule is C/C=C/c1ccc(OCC(=O)NCCCCC(=O)O)c(OC)c1. The van der Waals surface area contributed by atoms with Crippen molar-refractivity contribution in [3.05, 3.63) is 29.8 Å². The number of carbonyl (C=O) groups is 2. The Bertz CT molecular complexity index is 554. The molecule has 0 saturated heterocycles. The number of amides is 1. The number of aliphatic carboxylic acids is 1. The molecule has 0 aliphatic heterocycles. The highest BCUT2D eigenvalue weighted by atomic mass is 16.5. The number of methoxy groups -OCH3 is 1. The summed E-state index contributed by atoms with van der Waals surface area (Å²) in [4.78, 5) is 22.0. The van der Waals surface area contributed by atoms with Crippen LogP contribution in [0.3, 0.4) is 0 Å². The Kier molecular flexibility index (Phi) is 8.28. The van der Waals surface area contributed by atoms with E-state index >= 15 is 0 Å². The first kappa shape index (κ1) is 18.5. The molecule has 6 nitrogen and oxygen atoms in total. The summed E-state index contributed by atoms with van der Waals surface area (Å²) in [5, 5.41) is 11.2. The molecule has 0 heterocycles. The minimum atomic E-state index is -0.826. The lowest BCUT2D eigenvalue weighted by Crippen LogP contribution is -2.29. The Morgan fingerprint density at radius 1 is 1.26 bits per heavy atom. The highest BCUT2D eigenvalue weighted by Gasteiger charge is 2.08. The monoisotopic (exact) mass is 321 g/mol. The molecule has 0 aromatic heterocycles. The van der Waals surface area contributed by atoms with Gasteiger partial charge in [0.2, 0.25) is 0 Å². The van der Waals surface area contributed by atoms with E-state index in [1.54, 1.807) is 13.2 Å². The Morgan fingerprint density at radius 2 is 2.04 bits per heavy atom. The number of carboxylic acid groups (broad SMARTS) is 1. The predicted octanol–water partition coefficient (Wildman–Crippen LogP) is 2.48. The predicted molar refractivity (Wildman–Crippen MR) is 87.7 cm³/mol. The molecule has 6 heteroatoms. The van der Waals surface area contributed by atoms with Gasteiger partial charge in [-0.2, -0.15) is 0 Å². The Balaban J connectivity index is 2.39. The molecule has 2 N–H and O–H groups in total. The maximum atomic E-state index is 11.7. The standard InChI is InChI=1S/C17H23NO5/c1-3-6-13-8-9-14(15(11-13)22-2)23-12-16(19)18-10-5-4-7-17(20)21/h3,6,8-9,11H,4-5,7,10,12H2,1-2H3,(H,18,19)(H,20,21)/b6-3+. The van der Waals surface area contributed by atoms with E-state index in [0.717, 1.165) is 5.56 Å². The summed E-state index contributed by atoms with van der Waals surface area (Å²) in [5.41, 5.74) is 0.986. The average Bonchev–Trinajstić information content (AvgIpc) is 2.53. The lowest BCUT2D eigenvalue weighted by molar-refractivity contribution is -0.137. The molecular weight excluding hydrogens is 298 g/mol. The van der Waals surface area contributed by atoms with Crippen LogP contribution < -0.4 is 14.8 Å². The van der Waals surface area contributed by atoms with Crippen LogP contribution in [0.25, 0.3) is 6.08 Å². The van der Waals surface area contributed by atoms with Crippen LogP contribution in [0.4, 0.5) is 0 Å². The van der Waals surface area contributed by atoms with Crippen molar-refractivity contribution in [1.29, 1.82) is 0 Å². The van der Waals surface area contributed by atoms with Crippen molar-refractivity contribution < 1.29 is 24.2 Å². The number of allylic oxidation sites excluding steroid dienone is 1. The van der Waals surface area contributed by atoms with Gasteiger partial charge in [0.15, 0.2) is 18.1 Å². The minimum Gasteiger partial charge on any atom is -0.493 e. The fourth-order valence-electron chi connectivity index (χ4n) is 1.92. The topological polar surface area (TPSA) is 84.9 Å². The van der Waals surface area contributed by atoms with Crippen LogP contribution in [-0.4, -0.2) is 37.2 Å². The summed E-state index contributed by atoms with van der Waals surface area (Å²) in [6.45, 7) is 2.25. The number of hydrogen-bond donors (Lipinski definition) is 2. The van der Waals surface area contributed by atoms with Gasteiger partial charge in [0.05, 0.1) is 7.11 Å². The van der Waals surface area contributed by atoms with Gasteiger partial charge in [-0.3, -0.25) is 9.59 Å². The Hall–Kier alpha value is -2.50. The van der Waals surface area contributed by atoms with Crippen LogP contribution in [0.2, 0.25) is 0 Å². The molecule has 0 radical (unpaired) electrons. The lowest BCUT2D eigenvalue weighted by Gasteiger charge is -2.11. The molecule has 0 fully saturated rings. The van der Waals surface area contributed by atoms with Crippen molar-refractivity contribution in [2.24, 2.45) is 0 Å². The largest absolute Gasteiger partial charge is 0.493 e. The summed E-state index contributed by atoms with van der Waals surface area (Å²) >= 11 is 0. The summed E-state index contributed by atoms with van der Waals surface area (Å²) in [5.74, 6) is -0.00957. The number of rotatable bonds is 10. The van der Waals surface area contributed by atoms with E-state index in [4.69, 9.17) is 14.6 Å². The van der Waals surface area contributed by atoms with E-state index in [1.807, 2.05) is 31.2 Å². The van der Waals surface area contributed by atoms with Crippen LogP contribution in [0, 0.1) is 0 Å². The third-order valence-electron chi connectivity index (χ3n) is 3.05. The Morgan fingerprint density at radius 3 is 2.70 bits per heavy atom. The van der Waals surface area contributed by atoms with E-state index in [9.17, 15) is 9.59 Å². The number of carbonyl (C=O) groups excluding carboxylic acids is 1. The first-order valence-corrected chi connectivity index (χ1v) is 7.49. The van der Waals surface area contributed by atoms with Gasteiger partial charge < -0.3 is 19.9 Å². The van der Waals surface area contributed by atoms with E-state index < -0.39 is 5.97 Å². The van der Waals surface area contributed by atoms with Crippen molar-refractivity contribution >= 4 is 18.0 Å². The molecule has 23 heavy (non-hydrogen) atoms. The van der Waals surface area contributed by atoms with Crippen molar-refractivity contribution in [2.75, 3.05) is 20.3 Å². The van der Waals surface area contributed by atoms with Crippen LogP contribution in [0.1, 0.15) is 31.7 Å². The van der Waals surface area contributed by atoms with E-state index in [2.05, 4.69) is 5.32 Å². The van der Waals surface area contributed by atoms with E-state index in [1.165, 1.54) is 0 Å². The van der Waals surface area contributed by atoms with Crippen molar-refractivity contribution in [1.82, 2.24) is 5.32 Å². The number of unbranched alkanes of at least 4 members (excludes halogenated alkanes) is 1. The maximum Gasteiger partial charge on any atom is 0.303 e. The molecule has 0 aliphatic rings. The van der Waals surface area contributed by atoms with Crippen LogP contribution in [0.5, 0.6) is 11.5 Å². The number of hydrogen-bond acceptors (Lipinski definition) is 4. The third-order valence-corrected chi connectivity index (χ3v) is 3.05. The first-order chi connectivity index (χ1) is 11.1. The van der Waals surface area contributed by atoms with Crippen molar-refractivity contribution in [3.63, 3.8) is 0 Å². The zero-order valence-corrected chi connectivity index (χ0v) is 13.5. The molecule has 1 aromatic rings. The summed E-state index contributed by atoms with van der Waals surface area (Å²) in [7, 11) is 1.55. The number of nitrogens with one attached hydrogen (secondary N) is 1. The molecule has 0 spiro atoms. The van der Waals surface area contributed by atoms with Gasteiger partial charge in [-0.05, 0) is 37.5 Å². The van der Waals surface area contributed by atoms with Crippen LogP contribution >= 0.6 is 0 Å². The molecule has 0 bridgehead atoms. The molecule has 1 aromatic carbocycles. The molecule has 0 saturated carbocycles. The molecule has 0 atom stereocenters. The average molecular weight is 321 g/mol. The second-order valence-corrected chi connectivity index (χ2v) is 4.90. The van der Waals surface area contributed by atoms with Gasteiger partial charge in [-0.15, -0.1) is 0 Å². The molecule has 0 aliphatic carbocycles. The fraction of sp³-hybridized carbons (Fsp3) is 0.412. The first-order valence-electron chi connectivity index (χ1n) is 7.49.